The van der Waals surface area contributed by atoms with Gasteiger partial charge in [0, 0.05) is 22.3 Å². The predicted molar refractivity (Wildman–Crippen MR) is 103 cm³/mol. The van der Waals surface area contributed by atoms with E-state index in [2.05, 4.69) is 5.32 Å². The number of benzene rings is 2. The van der Waals surface area contributed by atoms with E-state index in [1.165, 1.54) is 30.4 Å². The number of carbonyl (C=O) groups is 1. The zero-order chi connectivity index (χ0) is 18.7. The Morgan fingerprint density at radius 2 is 1.81 bits per heavy atom. The molecule has 0 atom stereocenters. The maximum atomic E-state index is 13.1. The van der Waals surface area contributed by atoms with Crippen molar-refractivity contribution in [1.82, 2.24) is 0 Å². The van der Waals surface area contributed by atoms with Gasteiger partial charge < -0.3 is 9.73 Å². The van der Waals surface area contributed by atoms with Crippen LogP contribution in [0.5, 0.6) is 0 Å². The summed E-state index contributed by atoms with van der Waals surface area (Å²) < 4.78 is 18.8. The van der Waals surface area contributed by atoms with Crippen LogP contribution in [0.25, 0.3) is 17.4 Å². The topological polar surface area (TPSA) is 42.2 Å². The second kappa shape index (κ2) is 7.96. The smallest absolute Gasteiger partial charge is 0.248 e. The van der Waals surface area contributed by atoms with Gasteiger partial charge in [-0.15, -0.1) is 0 Å². The van der Waals surface area contributed by atoms with E-state index >= 15 is 0 Å². The molecular weight excluding hydrogens is 400 g/mol. The Balaban J connectivity index is 1.70. The van der Waals surface area contributed by atoms with Gasteiger partial charge in [0.1, 0.15) is 17.3 Å². The van der Waals surface area contributed by atoms with Crippen LogP contribution in [0.1, 0.15) is 5.76 Å². The van der Waals surface area contributed by atoms with E-state index in [1.54, 1.807) is 30.3 Å². The first kappa shape index (κ1) is 18.5. The van der Waals surface area contributed by atoms with Crippen LogP contribution in [-0.4, -0.2) is 5.91 Å². The number of anilines is 1. The molecule has 0 fully saturated rings. The molecule has 3 nitrogen and oxygen atoms in total. The number of hydrogen-bond donors (Lipinski definition) is 1. The molecule has 2 aromatic carbocycles. The normalized spacial score (nSPS) is 11.1. The molecule has 0 radical (unpaired) electrons. The highest BCUT2D eigenvalue weighted by Gasteiger charge is 2.09. The summed E-state index contributed by atoms with van der Waals surface area (Å²) in [4.78, 5) is 11.9. The van der Waals surface area contributed by atoms with Gasteiger partial charge in [-0.25, -0.2) is 4.39 Å². The van der Waals surface area contributed by atoms with Crippen molar-refractivity contribution in [3.63, 3.8) is 0 Å². The zero-order valence-electron chi connectivity index (χ0n) is 13.1. The third-order valence-corrected chi connectivity index (χ3v) is 4.25. The van der Waals surface area contributed by atoms with Crippen LogP contribution in [0.4, 0.5) is 10.1 Å². The van der Waals surface area contributed by atoms with Crippen LogP contribution in [-0.2, 0) is 4.79 Å². The Hall–Kier alpha value is -2.27. The molecule has 7 heteroatoms. The van der Waals surface area contributed by atoms with Crippen molar-refractivity contribution in [3.8, 4) is 11.3 Å². The second-order valence-corrected chi connectivity index (χ2v) is 6.53. The summed E-state index contributed by atoms with van der Waals surface area (Å²) in [5.41, 5.74) is 1.08. The molecular formula is C19H11Cl3FNO2. The molecule has 132 valence electrons. The van der Waals surface area contributed by atoms with Gasteiger partial charge in [-0.1, -0.05) is 34.8 Å². The third-order valence-electron chi connectivity index (χ3n) is 3.41. The van der Waals surface area contributed by atoms with Crippen LogP contribution in [0, 0.1) is 5.82 Å². The van der Waals surface area contributed by atoms with Gasteiger partial charge in [-0.05, 0) is 54.6 Å². The lowest BCUT2D eigenvalue weighted by molar-refractivity contribution is -0.111. The molecule has 1 aromatic heterocycles. The fourth-order valence-corrected chi connectivity index (χ4v) is 2.87. The van der Waals surface area contributed by atoms with Crippen molar-refractivity contribution in [2.45, 2.75) is 0 Å². The third kappa shape index (κ3) is 4.47. The highest BCUT2D eigenvalue weighted by atomic mass is 35.5. The van der Waals surface area contributed by atoms with Crippen molar-refractivity contribution in [1.29, 1.82) is 0 Å². The Morgan fingerprint density at radius 3 is 2.54 bits per heavy atom. The van der Waals surface area contributed by atoms with Gasteiger partial charge in [0.2, 0.25) is 5.91 Å². The Labute approximate surface area is 164 Å². The zero-order valence-corrected chi connectivity index (χ0v) is 15.4. The summed E-state index contributed by atoms with van der Waals surface area (Å²) in [6.45, 7) is 0. The molecule has 1 amide bonds. The molecule has 3 rings (SSSR count). The minimum Gasteiger partial charge on any atom is -0.457 e. The monoisotopic (exact) mass is 409 g/mol. The first-order chi connectivity index (χ1) is 12.4. The minimum absolute atomic E-state index is 0.0673. The molecule has 0 aliphatic rings. The summed E-state index contributed by atoms with van der Waals surface area (Å²) >= 11 is 17.7. The van der Waals surface area contributed by atoms with Gasteiger partial charge in [-0.3, -0.25) is 4.79 Å². The minimum atomic E-state index is -0.552. The highest BCUT2D eigenvalue weighted by molar-refractivity contribution is 6.36. The number of hydrogen-bond acceptors (Lipinski definition) is 2. The van der Waals surface area contributed by atoms with Crippen LogP contribution >= 0.6 is 34.8 Å². The fraction of sp³-hybridized carbons (Fsp3) is 0. The lowest BCUT2D eigenvalue weighted by atomic mass is 10.2. The highest BCUT2D eigenvalue weighted by Crippen LogP contribution is 2.31. The van der Waals surface area contributed by atoms with Crippen molar-refractivity contribution >= 4 is 52.5 Å². The summed E-state index contributed by atoms with van der Waals surface area (Å²) in [7, 11) is 0. The lowest BCUT2D eigenvalue weighted by Crippen LogP contribution is -2.07. The molecule has 1 heterocycles. The molecule has 0 unspecified atom stereocenters. The lowest BCUT2D eigenvalue weighted by Gasteiger charge is -2.03. The van der Waals surface area contributed by atoms with E-state index < -0.39 is 11.7 Å². The van der Waals surface area contributed by atoms with Crippen molar-refractivity contribution in [2.24, 2.45) is 0 Å². The summed E-state index contributed by atoms with van der Waals surface area (Å²) in [6.07, 6.45) is 2.80. The van der Waals surface area contributed by atoms with E-state index in [4.69, 9.17) is 39.2 Å². The van der Waals surface area contributed by atoms with Crippen molar-refractivity contribution < 1.29 is 13.6 Å². The average Bonchev–Trinajstić information content (AvgIpc) is 3.05. The number of carbonyl (C=O) groups excluding carboxylic acids is 1. The van der Waals surface area contributed by atoms with Gasteiger partial charge in [0.25, 0.3) is 0 Å². The Bertz CT molecular complexity index is 998. The van der Waals surface area contributed by atoms with E-state index in [9.17, 15) is 9.18 Å². The number of amides is 1. The van der Waals surface area contributed by atoms with Gasteiger partial charge in [0.15, 0.2) is 0 Å². The van der Waals surface area contributed by atoms with Crippen molar-refractivity contribution in [3.05, 3.63) is 81.3 Å². The summed E-state index contributed by atoms with van der Waals surface area (Å²) in [5.74, 6) is 0.0645. The largest absolute Gasteiger partial charge is 0.457 e. The van der Waals surface area contributed by atoms with Gasteiger partial charge in [0.05, 0.1) is 10.0 Å². The molecule has 0 aliphatic carbocycles. The van der Waals surface area contributed by atoms with E-state index in [0.29, 0.717) is 32.8 Å². The number of nitrogens with one attached hydrogen (secondary N) is 1. The SMILES string of the molecule is O=C(C=Cc1ccc(-c2ccc(Cl)cc2Cl)o1)Nc1ccc(F)c(Cl)c1. The van der Waals surface area contributed by atoms with Crippen molar-refractivity contribution in [2.75, 3.05) is 5.32 Å². The number of halogens is 4. The molecule has 0 aliphatic heterocycles. The summed E-state index contributed by atoms with van der Waals surface area (Å²) in [5, 5.41) is 3.51. The van der Waals surface area contributed by atoms with E-state index in [-0.39, 0.29) is 5.02 Å². The quantitative estimate of drug-likeness (QED) is 0.486. The predicted octanol–water partition coefficient (Wildman–Crippen LogP) is 6.70. The van der Waals surface area contributed by atoms with Gasteiger partial charge >= 0.3 is 0 Å². The van der Waals surface area contributed by atoms with E-state index in [1.807, 2.05) is 0 Å². The van der Waals surface area contributed by atoms with Gasteiger partial charge in [-0.2, -0.15) is 0 Å². The second-order valence-electron chi connectivity index (χ2n) is 5.28. The molecule has 0 saturated heterocycles. The van der Waals surface area contributed by atoms with E-state index in [0.717, 1.165) is 0 Å². The fourth-order valence-electron chi connectivity index (χ4n) is 2.19. The standard InChI is InChI=1S/C19H11Cl3FNO2/c20-11-1-5-14(15(21)9-11)18-7-3-13(26-18)4-8-19(25)24-12-2-6-17(23)16(22)10-12/h1-10H,(H,24,25). The van der Waals surface area contributed by atoms with Crippen LogP contribution in [0.15, 0.2) is 59.0 Å². The molecule has 0 bridgehead atoms. The average molecular weight is 411 g/mol. The van der Waals surface area contributed by atoms with Crippen LogP contribution in [0.2, 0.25) is 15.1 Å². The number of furan rings is 1. The molecule has 0 saturated carbocycles. The Kier molecular flexibility index (Phi) is 5.67. The molecule has 0 spiro atoms. The first-order valence-electron chi connectivity index (χ1n) is 7.42. The van der Waals surface area contributed by atoms with Crippen LogP contribution in [0.3, 0.4) is 0 Å². The maximum absolute atomic E-state index is 13.1. The summed E-state index contributed by atoms with van der Waals surface area (Å²) in [6, 6.07) is 12.5. The van der Waals surface area contributed by atoms with Crippen LogP contribution < -0.4 is 5.32 Å². The molecule has 3 aromatic rings. The number of rotatable bonds is 4. The molecule has 26 heavy (non-hydrogen) atoms. The first-order valence-corrected chi connectivity index (χ1v) is 8.55. The maximum Gasteiger partial charge on any atom is 0.248 e. The Morgan fingerprint density at radius 1 is 1.00 bits per heavy atom. The molecule has 1 N–H and O–H groups in total.